The van der Waals surface area contributed by atoms with Crippen LogP contribution >= 0.6 is 0 Å². The van der Waals surface area contributed by atoms with Gasteiger partial charge in [-0.25, -0.2) is 4.79 Å². The summed E-state index contributed by atoms with van der Waals surface area (Å²) in [5.74, 6) is 0.195. The number of ether oxygens (including phenoxy) is 3. The van der Waals surface area contributed by atoms with Crippen molar-refractivity contribution in [2.75, 3.05) is 19.8 Å². The average Bonchev–Trinajstić information content (AvgIpc) is 3.11. The Hall–Kier alpha value is -2.08. The van der Waals surface area contributed by atoms with Crippen LogP contribution in [-0.4, -0.2) is 43.8 Å². The number of hydrogen-bond donors (Lipinski definition) is 1. The molecule has 1 aliphatic rings. The van der Waals surface area contributed by atoms with Gasteiger partial charge in [0.1, 0.15) is 12.4 Å². The van der Waals surface area contributed by atoms with Gasteiger partial charge in [-0.15, -0.1) is 0 Å². The molecule has 0 bridgehead atoms. The van der Waals surface area contributed by atoms with Crippen LogP contribution in [0, 0.1) is 5.92 Å². The fourth-order valence-corrected chi connectivity index (χ4v) is 2.38. The molecular weight excluding hydrogens is 322 g/mol. The van der Waals surface area contributed by atoms with Gasteiger partial charge in [-0.3, -0.25) is 4.79 Å². The monoisotopic (exact) mass is 349 g/mol. The number of esters is 1. The summed E-state index contributed by atoms with van der Waals surface area (Å²) in [6.45, 7) is 7.42. The second kappa shape index (κ2) is 9.42. The number of benzene rings is 1. The predicted octanol–water partition coefficient (Wildman–Crippen LogP) is 2.56. The molecule has 1 saturated heterocycles. The number of hydrogen-bond acceptors (Lipinski definition) is 5. The fraction of sp³-hybridized carbons (Fsp3) is 0.579. The molecule has 0 radical (unpaired) electrons. The Morgan fingerprint density at radius 3 is 2.56 bits per heavy atom. The van der Waals surface area contributed by atoms with Gasteiger partial charge in [0, 0.05) is 13.2 Å². The van der Waals surface area contributed by atoms with E-state index in [9.17, 15) is 9.59 Å². The maximum atomic E-state index is 12.1. The molecule has 1 aromatic carbocycles. The van der Waals surface area contributed by atoms with Gasteiger partial charge in [0.05, 0.1) is 11.7 Å². The summed E-state index contributed by atoms with van der Waals surface area (Å²) in [6.07, 6.45) is 1.40. The van der Waals surface area contributed by atoms with E-state index in [4.69, 9.17) is 14.2 Å². The van der Waals surface area contributed by atoms with Crippen molar-refractivity contribution < 1.29 is 23.8 Å². The van der Waals surface area contributed by atoms with Gasteiger partial charge < -0.3 is 19.5 Å². The van der Waals surface area contributed by atoms with Crippen LogP contribution in [0.15, 0.2) is 24.3 Å². The number of nitrogens with one attached hydrogen (secondary N) is 1. The fourth-order valence-electron chi connectivity index (χ4n) is 2.38. The second-order valence-electron chi connectivity index (χ2n) is 6.66. The lowest BCUT2D eigenvalue weighted by atomic mass is 10.2. The Morgan fingerprint density at radius 2 is 1.96 bits per heavy atom. The summed E-state index contributed by atoms with van der Waals surface area (Å²) >= 11 is 0. The van der Waals surface area contributed by atoms with Crippen molar-refractivity contribution in [3.05, 3.63) is 29.8 Å². The zero-order valence-electron chi connectivity index (χ0n) is 15.1. The number of carbonyl (C=O) groups excluding carboxylic acids is 2. The van der Waals surface area contributed by atoms with E-state index in [2.05, 4.69) is 5.32 Å². The summed E-state index contributed by atoms with van der Waals surface area (Å²) in [7, 11) is 0. The van der Waals surface area contributed by atoms with Crippen molar-refractivity contribution >= 4 is 11.9 Å². The van der Waals surface area contributed by atoms with E-state index >= 15 is 0 Å². The Morgan fingerprint density at radius 1 is 1.24 bits per heavy atom. The molecule has 25 heavy (non-hydrogen) atoms. The molecule has 1 aromatic rings. The van der Waals surface area contributed by atoms with Gasteiger partial charge in [0.25, 0.3) is 5.91 Å². The minimum Gasteiger partial charge on any atom is -0.491 e. The molecule has 1 fully saturated rings. The first-order chi connectivity index (χ1) is 12.0. The zero-order valence-corrected chi connectivity index (χ0v) is 15.1. The molecule has 2 atom stereocenters. The van der Waals surface area contributed by atoms with Crippen LogP contribution in [0.3, 0.4) is 0 Å². The van der Waals surface area contributed by atoms with E-state index in [1.54, 1.807) is 31.2 Å². The van der Waals surface area contributed by atoms with Gasteiger partial charge in [0.2, 0.25) is 0 Å². The Balaban J connectivity index is 1.79. The van der Waals surface area contributed by atoms with Crippen LogP contribution < -0.4 is 10.1 Å². The smallest absolute Gasteiger partial charge is 0.338 e. The van der Waals surface area contributed by atoms with Crippen molar-refractivity contribution in [3.63, 3.8) is 0 Å². The maximum absolute atomic E-state index is 12.1. The predicted molar refractivity (Wildman–Crippen MR) is 93.6 cm³/mol. The molecule has 1 heterocycles. The van der Waals surface area contributed by atoms with Gasteiger partial charge in [0.15, 0.2) is 6.10 Å². The summed E-state index contributed by atoms with van der Waals surface area (Å²) < 4.78 is 16.4. The van der Waals surface area contributed by atoms with Crippen LogP contribution in [0.2, 0.25) is 0 Å². The topological polar surface area (TPSA) is 73.9 Å². The Bertz CT molecular complexity index is 564. The molecule has 1 aliphatic heterocycles. The zero-order chi connectivity index (χ0) is 18.2. The molecule has 0 saturated carbocycles. The van der Waals surface area contributed by atoms with Crippen molar-refractivity contribution in [1.82, 2.24) is 5.32 Å². The van der Waals surface area contributed by atoms with Crippen molar-refractivity contribution in [2.45, 2.75) is 45.8 Å². The highest BCUT2D eigenvalue weighted by Crippen LogP contribution is 2.17. The molecule has 1 N–H and O–H groups in total. The minimum atomic E-state index is -0.832. The highest BCUT2D eigenvalue weighted by Gasteiger charge is 2.19. The molecule has 0 spiro atoms. The van der Waals surface area contributed by atoms with Gasteiger partial charge in [-0.1, -0.05) is 13.8 Å². The Kier molecular flexibility index (Phi) is 7.25. The molecule has 0 aromatic heterocycles. The molecule has 0 aliphatic carbocycles. The van der Waals surface area contributed by atoms with Crippen LogP contribution in [-0.2, 0) is 14.3 Å². The lowest BCUT2D eigenvalue weighted by Gasteiger charge is -2.15. The maximum Gasteiger partial charge on any atom is 0.338 e. The summed E-state index contributed by atoms with van der Waals surface area (Å²) in [4.78, 5) is 24.0. The third-order valence-electron chi connectivity index (χ3n) is 3.89. The van der Waals surface area contributed by atoms with Gasteiger partial charge >= 0.3 is 5.97 Å². The quantitative estimate of drug-likeness (QED) is 0.730. The molecule has 6 heteroatoms. The standard InChI is InChI=1S/C19H27NO5/c1-13(2)11-20-18(21)14(3)25-19(22)15-6-8-16(9-7-15)24-12-17-5-4-10-23-17/h6-9,13-14,17H,4-5,10-12H2,1-3H3,(H,20,21)/t14-,17-/m1/s1. The van der Waals surface area contributed by atoms with Crippen molar-refractivity contribution in [2.24, 2.45) is 5.92 Å². The molecule has 6 nitrogen and oxygen atoms in total. The highest BCUT2D eigenvalue weighted by atomic mass is 16.5. The molecule has 1 amide bonds. The van der Waals surface area contributed by atoms with Crippen LogP contribution in [0.5, 0.6) is 5.75 Å². The summed E-state index contributed by atoms with van der Waals surface area (Å²) in [5, 5.41) is 2.74. The van der Waals surface area contributed by atoms with Crippen LogP contribution in [0.25, 0.3) is 0 Å². The number of rotatable bonds is 8. The largest absolute Gasteiger partial charge is 0.491 e. The number of amides is 1. The molecular formula is C19H27NO5. The van der Waals surface area contributed by atoms with Gasteiger partial charge in [-0.05, 0) is 49.9 Å². The van der Waals surface area contributed by atoms with E-state index in [0.29, 0.717) is 30.4 Å². The minimum absolute atomic E-state index is 0.148. The third-order valence-corrected chi connectivity index (χ3v) is 3.89. The van der Waals surface area contributed by atoms with Gasteiger partial charge in [-0.2, -0.15) is 0 Å². The third kappa shape index (κ3) is 6.38. The number of carbonyl (C=O) groups is 2. The van der Waals surface area contributed by atoms with Crippen LogP contribution in [0.1, 0.15) is 44.0 Å². The van der Waals surface area contributed by atoms with Crippen molar-refractivity contribution in [3.8, 4) is 5.75 Å². The first kappa shape index (κ1) is 19.2. The summed E-state index contributed by atoms with van der Waals surface area (Å²) in [6, 6.07) is 6.70. The average molecular weight is 349 g/mol. The molecule has 138 valence electrons. The first-order valence-corrected chi connectivity index (χ1v) is 8.79. The van der Waals surface area contributed by atoms with E-state index in [-0.39, 0.29) is 12.0 Å². The first-order valence-electron chi connectivity index (χ1n) is 8.79. The molecule has 0 unspecified atom stereocenters. The lowest BCUT2D eigenvalue weighted by Crippen LogP contribution is -2.37. The second-order valence-corrected chi connectivity index (χ2v) is 6.66. The van der Waals surface area contributed by atoms with E-state index in [0.717, 1.165) is 19.4 Å². The highest BCUT2D eigenvalue weighted by molar-refractivity contribution is 5.92. The van der Waals surface area contributed by atoms with Crippen molar-refractivity contribution in [1.29, 1.82) is 0 Å². The van der Waals surface area contributed by atoms with E-state index < -0.39 is 12.1 Å². The molecule has 2 rings (SSSR count). The lowest BCUT2D eigenvalue weighted by molar-refractivity contribution is -0.129. The Labute approximate surface area is 148 Å². The van der Waals surface area contributed by atoms with E-state index in [1.807, 2.05) is 13.8 Å². The SMILES string of the molecule is CC(C)CNC(=O)[C@@H](C)OC(=O)c1ccc(OC[C@H]2CCCO2)cc1. The summed E-state index contributed by atoms with van der Waals surface area (Å²) in [5.41, 5.74) is 0.382. The van der Waals surface area contributed by atoms with Crippen LogP contribution in [0.4, 0.5) is 0 Å². The normalized spacial score (nSPS) is 18.0. The van der Waals surface area contributed by atoms with E-state index in [1.165, 1.54) is 0 Å².